The van der Waals surface area contributed by atoms with E-state index in [0.717, 1.165) is 5.39 Å². The summed E-state index contributed by atoms with van der Waals surface area (Å²) in [5.74, 6) is -1.03. The molecule has 2 heterocycles. The average molecular weight is 245 g/mol. The summed E-state index contributed by atoms with van der Waals surface area (Å²) in [6, 6.07) is 5.15. The van der Waals surface area contributed by atoms with E-state index in [9.17, 15) is 9.59 Å². The predicted octanol–water partition coefficient (Wildman–Crippen LogP) is 0.930. The highest BCUT2D eigenvalue weighted by Gasteiger charge is 2.31. The minimum atomic E-state index is -0.453. The first-order valence-corrected chi connectivity index (χ1v) is 5.63. The Bertz CT molecular complexity index is 647. The van der Waals surface area contributed by atoms with Crippen molar-refractivity contribution in [3.8, 4) is 0 Å². The Hall–Kier alpha value is -2.37. The molecule has 0 aliphatic carbocycles. The number of aromatic nitrogens is 1. The molecule has 1 aliphatic rings. The molecule has 92 valence electrons. The Kier molecular flexibility index (Phi) is 2.29. The van der Waals surface area contributed by atoms with E-state index in [1.165, 1.54) is 0 Å². The van der Waals surface area contributed by atoms with Gasteiger partial charge >= 0.3 is 0 Å². The highest BCUT2D eigenvalue weighted by Crippen LogP contribution is 2.31. The van der Waals surface area contributed by atoms with Gasteiger partial charge in [-0.2, -0.15) is 0 Å². The van der Waals surface area contributed by atoms with Gasteiger partial charge in [0, 0.05) is 17.5 Å². The lowest BCUT2D eigenvalue weighted by Gasteiger charge is -2.18. The molecule has 1 aromatic heterocycles. The molecule has 0 bridgehead atoms. The zero-order chi connectivity index (χ0) is 12.7. The number of piperidine rings is 1. The first-order chi connectivity index (χ1) is 8.65. The number of nitrogen functional groups attached to an aromatic ring is 1. The van der Waals surface area contributed by atoms with Gasteiger partial charge in [0.05, 0.1) is 5.92 Å². The Labute approximate surface area is 102 Å². The largest absolute Gasteiger partial charge is 0.399 e. The lowest BCUT2D eigenvalue weighted by Crippen LogP contribution is -2.39. The van der Waals surface area contributed by atoms with Crippen molar-refractivity contribution in [2.75, 3.05) is 5.73 Å². The summed E-state index contributed by atoms with van der Waals surface area (Å²) in [7, 11) is 0. The van der Waals surface area contributed by atoms with E-state index in [-0.39, 0.29) is 11.8 Å². The Morgan fingerprint density at radius 3 is 3.00 bits per heavy atom. The summed E-state index contributed by atoms with van der Waals surface area (Å²) in [6.07, 6.45) is 0.758. The summed E-state index contributed by atoms with van der Waals surface area (Å²) in [5, 5.41) is 6.97. The molecule has 3 N–H and O–H groups in total. The number of anilines is 1. The van der Waals surface area contributed by atoms with Crippen molar-refractivity contribution >= 4 is 28.5 Å². The van der Waals surface area contributed by atoms with Gasteiger partial charge in [0.15, 0.2) is 5.58 Å². The van der Waals surface area contributed by atoms with Gasteiger partial charge in [-0.3, -0.25) is 14.9 Å². The van der Waals surface area contributed by atoms with E-state index >= 15 is 0 Å². The van der Waals surface area contributed by atoms with E-state index < -0.39 is 5.92 Å². The normalized spacial score (nSPS) is 20.1. The zero-order valence-electron chi connectivity index (χ0n) is 9.47. The molecule has 1 saturated heterocycles. The van der Waals surface area contributed by atoms with Crippen molar-refractivity contribution in [2.45, 2.75) is 18.8 Å². The number of nitrogens with one attached hydrogen (secondary N) is 1. The second-order valence-electron chi connectivity index (χ2n) is 4.33. The standard InChI is InChI=1S/C12H11N3O3/c13-6-1-3-9-8(5-6)11(15-18-9)7-2-4-10(16)14-12(7)17/h1,3,5,7H,2,4,13H2,(H,14,16,17). The molecule has 1 unspecified atom stereocenters. The lowest BCUT2D eigenvalue weighted by molar-refractivity contribution is -0.134. The van der Waals surface area contributed by atoms with Gasteiger partial charge in [0.25, 0.3) is 0 Å². The van der Waals surface area contributed by atoms with Gasteiger partial charge in [-0.1, -0.05) is 5.16 Å². The fourth-order valence-electron chi connectivity index (χ4n) is 2.18. The number of rotatable bonds is 1. The molecular weight excluding hydrogens is 234 g/mol. The van der Waals surface area contributed by atoms with Crippen LogP contribution in [0.5, 0.6) is 0 Å². The van der Waals surface area contributed by atoms with Gasteiger partial charge in [0.1, 0.15) is 5.69 Å². The van der Waals surface area contributed by atoms with Crippen molar-refractivity contribution in [2.24, 2.45) is 0 Å². The van der Waals surface area contributed by atoms with Gasteiger partial charge in [-0.15, -0.1) is 0 Å². The summed E-state index contributed by atoms with van der Waals surface area (Å²) in [6.45, 7) is 0. The van der Waals surface area contributed by atoms with Crippen molar-refractivity contribution in [3.05, 3.63) is 23.9 Å². The number of hydrogen-bond acceptors (Lipinski definition) is 5. The highest BCUT2D eigenvalue weighted by atomic mass is 16.5. The smallest absolute Gasteiger partial charge is 0.235 e. The zero-order valence-corrected chi connectivity index (χ0v) is 9.47. The molecule has 18 heavy (non-hydrogen) atoms. The molecule has 0 saturated carbocycles. The quantitative estimate of drug-likeness (QED) is 0.575. The third-order valence-electron chi connectivity index (χ3n) is 3.09. The van der Waals surface area contributed by atoms with Crippen molar-refractivity contribution in [1.29, 1.82) is 0 Å². The lowest BCUT2D eigenvalue weighted by atomic mass is 9.93. The Morgan fingerprint density at radius 2 is 2.22 bits per heavy atom. The van der Waals surface area contributed by atoms with Crippen LogP contribution >= 0.6 is 0 Å². The Morgan fingerprint density at radius 1 is 1.39 bits per heavy atom. The third kappa shape index (κ3) is 1.62. The highest BCUT2D eigenvalue weighted by molar-refractivity contribution is 6.02. The van der Waals surface area contributed by atoms with Crippen LogP contribution in [-0.2, 0) is 9.59 Å². The predicted molar refractivity (Wildman–Crippen MR) is 63.5 cm³/mol. The van der Waals surface area contributed by atoms with Crippen LogP contribution in [0.1, 0.15) is 24.5 Å². The van der Waals surface area contributed by atoms with Crippen LogP contribution in [0.2, 0.25) is 0 Å². The molecule has 3 rings (SSSR count). The number of nitrogens with two attached hydrogens (primary N) is 1. The van der Waals surface area contributed by atoms with E-state index in [0.29, 0.717) is 29.8 Å². The third-order valence-corrected chi connectivity index (χ3v) is 3.09. The molecule has 0 radical (unpaired) electrons. The second kappa shape index (κ2) is 3.83. The van der Waals surface area contributed by atoms with Crippen LogP contribution in [0.25, 0.3) is 11.0 Å². The molecule has 2 aromatic rings. The van der Waals surface area contributed by atoms with Gasteiger partial charge < -0.3 is 10.3 Å². The molecule has 6 nitrogen and oxygen atoms in total. The van der Waals surface area contributed by atoms with Gasteiger partial charge in [0.2, 0.25) is 11.8 Å². The van der Waals surface area contributed by atoms with Crippen LogP contribution in [0, 0.1) is 0 Å². The molecule has 6 heteroatoms. The number of fused-ring (bicyclic) bond motifs is 1. The van der Waals surface area contributed by atoms with E-state index in [1.54, 1.807) is 18.2 Å². The summed E-state index contributed by atoms with van der Waals surface area (Å²) in [4.78, 5) is 22.9. The summed E-state index contributed by atoms with van der Waals surface area (Å²) < 4.78 is 5.16. The molecule has 1 fully saturated rings. The molecular formula is C12H11N3O3. The SMILES string of the molecule is Nc1ccc2onc(C3CCC(=O)NC3=O)c2c1. The first kappa shape index (κ1) is 10.8. The van der Waals surface area contributed by atoms with Crippen LogP contribution in [-0.4, -0.2) is 17.0 Å². The maximum atomic E-state index is 11.8. The molecule has 2 amide bonds. The minimum absolute atomic E-state index is 0.247. The summed E-state index contributed by atoms with van der Waals surface area (Å²) >= 11 is 0. The second-order valence-corrected chi connectivity index (χ2v) is 4.33. The van der Waals surface area contributed by atoms with E-state index in [4.69, 9.17) is 10.3 Å². The van der Waals surface area contributed by atoms with E-state index in [1.807, 2.05) is 0 Å². The number of amides is 2. The molecule has 1 aromatic carbocycles. The topological polar surface area (TPSA) is 98.2 Å². The molecule has 1 aliphatic heterocycles. The van der Waals surface area contributed by atoms with Crippen molar-refractivity contribution in [1.82, 2.24) is 10.5 Å². The average Bonchev–Trinajstić information content (AvgIpc) is 2.72. The van der Waals surface area contributed by atoms with Crippen LogP contribution in [0.3, 0.4) is 0 Å². The number of carbonyl (C=O) groups excluding carboxylic acids is 2. The maximum Gasteiger partial charge on any atom is 0.235 e. The number of nitrogens with zero attached hydrogens (tertiary/aromatic N) is 1. The number of carbonyl (C=O) groups is 2. The van der Waals surface area contributed by atoms with Crippen molar-refractivity contribution in [3.63, 3.8) is 0 Å². The number of imide groups is 1. The van der Waals surface area contributed by atoms with Gasteiger partial charge in [-0.25, -0.2) is 0 Å². The van der Waals surface area contributed by atoms with Gasteiger partial charge in [-0.05, 0) is 24.6 Å². The fraction of sp³-hybridized carbons (Fsp3) is 0.250. The Balaban J connectivity index is 2.06. The summed E-state index contributed by atoms with van der Waals surface area (Å²) in [5.41, 5.74) is 7.43. The molecule has 0 spiro atoms. The minimum Gasteiger partial charge on any atom is -0.399 e. The van der Waals surface area contributed by atoms with E-state index in [2.05, 4.69) is 10.5 Å². The van der Waals surface area contributed by atoms with Crippen molar-refractivity contribution < 1.29 is 14.1 Å². The van der Waals surface area contributed by atoms with Crippen LogP contribution < -0.4 is 11.1 Å². The number of hydrogen-bond donors (Lipinski definition) is 2. The molecule has 1 atom stereocenters. The maximum absolute atomic E-state index is 11.8. The first-order valence-electron chi connectivity index (χ1n) is 5.63. The monoisotopic (exact) mass is 245 g/mol. The fourth-order valence-corrected chi connectivity index (χ4v) is 2.18. The van der Waals surface area contributed by atoms with Crippen LogP contribution in [0.15, 0.2) is 22.7 Å². The van der Waals surface area contributed by atoms with Crippen LogP contribution in [0.4, 0.5) is 5.69 Å². The number of benzene rings is 1.